The number of ketones is 1. The lowest BCUT2D eigenvalue weighted by Gasteiger charge is -1.99. The van der Waals surface area contributed by atoms with Gasteiger partial charge in [-0.05, 0) is 19.9 Å². The van der Waals surface area contributed by atoms with Crippen molar-refractivity contribution in [3.05, 3.63) is 75.0 Å². The summed E-state index contributed by atoms with van der Waals surface area (Å²) in [6.45, 7) is 3.68. The number of rotatable bonds is 3. The number of carbonyl (C=O) groups excluding carboxylic acids is 1. The molecule has 0 fully saturated rings. The second-order valence-electron chi connectivity index (χ2n) is 5.19. The number of aryl methyl sites for hydroxylation is 2. The third kappa shape index (κ3) is 2.26. The van der Waals surface area contributed by atoms with E-state index in [4.69, 9.17) is 4.42 Å². The van der Waals surface area contributed by atoms with Gasteiger partial charge in [-0.15, -0.1) is 0 Å². The molecule has 1 heterocycles. The molecular weight excluding hydrogens is 282 g/mol. The number of nitro groups is 1. The number of benzene rings is 2. The van der Waals surface area contributed by atoms with E-state index in [2.05, 4.69) is 0 Å². The van der Waals surface area contributed by atoms with Gasteiger partial charge in [0.15, 0.2) is 5.76 Å². The minimum absolute atomic E-state index is 0.0225. The Balaban J connectivity index is 2.11. The molecule has 5 heteroatoms. The number of nitro benzene ring substituents is 1. The fourth-order valence-electron chi connectivity index (χ4n) is 2.38. The molecule has 0 saturated carbocycles. The first-order valence-electron chi connectivity index (χ1n) is 6.76. The number of hydrogen-bond donors (Lipinski definition) is 0. The number of furan rings is 1. The maximum Gasteiger partial charge on any atom is 0.270 e. The average molecular weight is 295 g/mol. The zero-order chi connectivity index (χ0) is 15.9. The van der Waals surface area contributed by atoms with E-state index >= 15 is 0 Å². The Labute approximate surface area is 126 Å². The Morgan fingerprint density at radius 3 is 2.41 bits per heavy atom. The van der Waals surface area contributed by atoms with Crippen molar-refractivity contribution in [1.29, 1.82) is 0 Å². The summed E-state index contributed by atoms with van der Waals surface area (Å²) in [7, 11) is 0. The summed E-state index contributed by atoms with van der Waals surface area (Å²) < 4.78 is 5.61. The van der Waals surface area contributed by atoms with Crippen molar-refractivity contribution in [1.82, 2.24) is 0 Å². The molecule has 0 aliphatic rings. The lowest BCUT2D eigenvalue weighted by Crippen LogP contribution is -2.01. The summed E-state index contributed by atoms with van der Waals surface area (Å²) in [5.74, 6) is -0.00398. The summed E-state index contributed by atoms with van der Waals surface area (Å²) in [6.07, 6.45) is 0. The molecule has 22 heavy (non-hydrogen) atoms. The minimum Gasteiger partial charge on any atom is -0.452 e. The predicted octanol–water partition coefficient (Wildman–Crippen LogP) is 4.19. The Bertz CT molecular complexity index is 891. The van der Waals surface area contributed by atoms with Gasteiger partial charge in [-0.3, -0.25) is 14.9 Å². The molecule has 0 unspecified atom stereocenters. The van der Waals surface area contributed by atoms with Crippen LogP contribution in [0.2, 0.25) is 0 Å². The molecule has 0 aliphatic heterocycles. The second kappa shape index (κ2) is 5.11. The van der Waals surface area contributed by atoms with Gasteiger partial charge in [0.2, 0.25) is 5.78 Å². The molecule has 0 atom stereocenters. The highest BCUT2D eigenvalue weighted by atomic mass is 16.6. The quantitative estimate of drug-likeness (QED) is 0.412. The maximum atomic E-state index is 12.5. The van der Waals surface area contributed by atoms with Gasteiger partial charge >= 0.3 is 0 Å². The molecule has 0 N–H and O–H groups in total. The van der Waals surface area contributed by atoms with E-state index in [0.29, 0.717) is 22.1 Å². The second-order valence-corrected chi connectivity index (χ2v) is 5.19. The van der Waals surface area contributed by atoms with Crippen LogP contribution in [0.15, 0.2) is 46.9 Å². The van der Waals surface area contributed by atoms with Gasteiger partial charge in [0.05, 0.1) is 4.92 Å². The fourth-order valence-corrected chi connectivity index (χ4v) is 2.38. The van der Waals surface area contributed by atoms with Crippen LogP contribution in [-0.2, 0) is 0 Å². The van der Waals surface area contributed by atoms with Crippen molar-refractivity contribution in [2.45, 2.75) is 13.8 Å². The topological polar surface area (TPSA) is 73.3 Å². The van der Waals surface area contributed by atoms with Gasteiger partial charge in [-0.2, -0.15) is 0 Å². The maximum absolute atomic E-state index is 12.5. The largest absolute Gasteiger partial charge is 0.452 e. The monoisotopic (exact) mass is 295 g/mol. The third-order valence-electron chi connectivity index (χ3n) is 3.65. The van der Waals surface area contributed by atoms with Crippen LogP contribution in [0.5, 0.6) is 0 Å². The van der Waals surface area contributed by atoms with Gasteiger partial charge in [0.1, 0.15) is 5.58 Å². The molecule has 0 spiro atoms. The average Bonchev–Trinajstić information content (AvgIpc) is 2.84. The number of nitrogens with zero attached hydrogens (tertiary/aromatic N) is 1. The van der Waals surface area contributed by atoms with Crippen LogP contribution in [0.3, 0.4) is 0 Å². The molecular formula is C17H13NO4. The molecule has 2 aromatic carbocycles. The first-order valence-corrected chi connectivity index (χ1v) is 6.76. The third-order valence-corrected chi connectivity index (χ3v) is 3.65. The zero-order valence-corrected chi connectivity index (χ0v) is 12.1. The van der Waals surface area contributed by atoms with Gasteiger partial charge in [-0.1, -0.05) is 29.8 Å². The van der Waals surface area contributed by atoms with Crippen LogP contribution in [0, 0.1) is 24.0 Å². The molecule has 0 bridgehead atoms. The standard InChI is InChI=1S/C17H13NO4/c1-10-3-5-12(6-4-10)16(19)17-11(2)14-9-13(18(20)21)7-8-15(14)22-17/h3-9H,1-2H3. The van der Waals surface area contributed by atoms with Crippen LogP contribution in [-0.4, -0.2) is 10.7 Å². The SMILES string of the molecule is Cc1ccc(C(=O)c2oc3ccc([N+](=O)[O-])cc3c2C)cc1. The molecule has 1 aromatic heterocycles. The van der Waals surface area contributed by atoms with E-state index in [1.165, 1.54) is 18.2 Å². The van der Waals surface area contributed by atoms with Crippen LogP contribution >= 0.6 is 0 Å². The van der Waals surface area contributed by atoms with Crippen LogP contribution in [0.4, 0.5) is 5.69 Å². The fraction of sp³-hybridized carbons (Fsp3) is 0.118. The zero-order valence-electron chi connectivity index (χ0n) is 12.1. The summed E-state index contributed by atoms with van der Waals surface area (Å²) in [5.41, 5.74) is 2.66. The Hall–Kier alpha value is -2.95. The minimum atomic E-state index is -0.465. The number of fused-ring (bicyclic) bond motifs is 1. The van der Waals surface area contributed by atoms with Gasteiger partial charge < -0.3 is 4.42 Å². The van der Waals surface area contributed by atoms with E-state index in [-0.39, 0.29) is 17.2 Å². The molecule has 5 nitrogen and oxygen atoms in total. The van der Waals surface area contributed by atoms with Crippen LogP contribution in [0.1, 0.15) is 27.2 Å². The molecule has 0 amide bonds. The lowest BCUT2D eigenvalue weighted by atomic mass is 10.0. The van der Waals surface area contributed by atoms with E-state index < -0.39 is 4.92 Å². The first-order chi connectivity index (χ1) is 10.5. The lowest BCUT2D eigenvalue weighted by molar-refractivity contribution is -0.384. The smallest absolute Gasteiger partial charge is 0.270 e. The summed E-state index contributed by atoms with van der Waals surface area (Å²) >= 11 is 0. The van der Waals surface area contributed by atoms with Crippen molar-refractivity contribution >= 4 is 22.4 Å². The summed E-state index contributed by atoms with van der Waals surface area (Å²) in [6, 6.07) is 11.5. The van der Waals surface area contributed by atoms with Gasteiger partial charge in [-0.25, -0.2) is 0 Å². The van der Waals surface area contributed by atoms with Crippen molar-refractivity contribution in [3.63, 3.8) is 0 Å². The van der Waals surface area contributed by atoms with E-state index in [1.54, 1.807) is 19.1 Å². The molecule has 3 rings (SSSR count). The van der Waals surface area contributed by atoms with Crippen LogP contribution < -0.4 is 0 Å². The predicted molar refractivity (Wildman–Crippen MR) is 82.2 cm³/mol. The van der Waals surface area contributed by atoms with Crippen molar-refractivity contribution in [3.8, 4) is 0 Å². The highest BCUT2D eigenvalue weighted by Gasteiger charge is 2.20. The first kappa shape index (κ1) is 14.0. The Kier molecular flexibility index (Phi) is 3.25. The normalized spacial score (nSPS) is 10.8. The van der Waals surface area contributed by atoms with E-state index in [1.807, 2.05) is 19.1 Å². The van der Waals surface area contributed by atoms with Crippen molar-refractivity contribution in [2.75, 3.05) is 0 Å². The Morgan fingerprint density at radius 1 is 1.09 bits per heavy atom. The molecule has 3 aromatic rings. The van der Waals surface area contributed by atoms with Gasteiger partial charge in [0.25, 0.3) is 5.69 Å². The molecule has 0 radical (unpaired) electrons. The van der Waals surface area contributed by atoms with E-state index in [9.17, 15) is 14.9 Å². The molecule has 0 saturated heterocycles. The summed E-state index contributed by atoms with van der Waals surface area (Å²) in [5, 5.41) is 11.4. The van der Waals surface area contributed by atoms with Gasteiger partial charge in [0, 0.05) is 28.6 Å². The number of non-ortho nitro benzene ring substituents is 1. The van der Waals surface area contributed by atoms with Crippen molar-refractivity contribution in [2.24, 2.45) is 0 Å². The highest BCUT2D eigenvalue weighted by molar-refractivity contribution is 6.10. The Morgan fingerprint density at radius 2 is 1.77 bits per heavy atom. The van der Waals surface area contributed by atoms with E-state index in [0.717, 1.165) is 5.56 Å². The molecule has 0 aliphatic carbocycles. The number of carbonyl (C=O) groups is 1. The molecule has 110 valence electrons. The van der Waals surface area contributed by atoms with Crippen molar-refractivity contribution < 1.29 is 14.1 Å². The highest BCUT2D eigenvalue weighted by Crippen LogP contribution is 2.30. The van der Waals surface area contributed by atoms with Crippen LogP contribution in [0.25, 0.3) is 11.0 Å². The summed E-state index contributed by atoms with van der Waals surface area (Å²) in [4.78, 5) is 22.9. The number of hydrogen-bond acceptors (Lipinski definition) is 4.